The molecule has 2 heteroatoms. The molecule has 0 bridgehead atoms. The first-order valence-corrected chi connectivity index (χ1v) is 6.21. The van der Waals surface area contributed by atoms with Crippen LogP contribution < -0.4 is 11.1 Å². The van der Waals surface area contributed by atoms with Crippen molar-refractivity contribution in [2.24, 2.45) is 5.73 Å². The Labute approximate surface area is 103 Å². The number of hydrogen-bond donors (Lipinski definition) is 2. The van der Waals surface area contributed by atoms with E-state index >= 15 is 0 Å². The zero-order valence-corrected chi connectivity index (χ0v) is 10.3. The van der Waals surface area contributed by atoms with Crippen molar-refractivity contribution in [3.63, 3.8) is 0 Å². The normalized spacial score (nSPS) is 12.8. The maximum Gasteiger partial charge on any atom is 0.0318 e. The van der Waals surface area contributed by atoms with Gasteiger partial charge < -0.3 is 11.1 Å². The Bertz CT molecular complexity index is 479. The summed E-state index contributed by atoms with van der Waals surface area (Å²) in [6, 6.07) is 15.5. The Morgan fingerprint density at radius 2 is 1.88 bits per heavy atom. The Balaban J connectivity index is 2.27. The molecule has 0 fully saturated rings. The van der Waals surface area contributed by atoms with Gasteiger partial charge in [0.2, 0.25) is 0 Å². The SMILES string of the molecule is CNC(CCCN)c1ccc2ccccc2c1. The van der Waals surface area contributed by atoms with Crippen LogP contribution in [-0.4, -0.2) is 13.6 Å². The van der Waals surface area contributed by atoms with Crippen molar-refractivity contribution >= 4 is 10.8 Å². The molecule has 90 valence electrons. The van der Waals surface area contributed by atoms with E-state index in [4.69, 9.17) is 5.73 Å². The smallest absolute Gasteiger partial charge is 0.0318 e. The first kappa shape index (κ1) is 12.1. The molecule has 0 saturated carbocycles. The molecule has 0 aromatic heterocycles. The Hall–Kier alpha value is -1.38. The highest BCUT2D eigenvalue weighted by molar-refractivity contribution is 5.83. The molecule has 2 rings (SSSR count). The molecule has 1 atom stereocenters. The number of nitrogens with two attached hydrogens (primary N) is 1. The maximum absolute atomic E-state index is 5.57. The summed E-state index contributed by atoms with van der Waals surface area (Å²) in [6.45, 7) is 0.756. The van der Waals surface area contributed by atoms with E-state index < -0.39 is 0 Å². The standard InChI is InChI=1S/C15H20N2/c1-17-15(7-4-10-16)14-9-8-12-5-2-3-6-13(12)11-14/h2-3,5-6,8-9,11,15,17H,4,7,10,16H2,1H3. The second-order valence-corrected chi connectivity index (χ2v) is 4.38. The van der Waals surface area contributed by atoms with E-state index in [1.54, 1.807) is 0 Å². The fraction of sp³-hybridized carbons (Fsp3) is 0.333. The van der Waals surface area contributed by atoms with Gasteiger partial charge in [-0.2, -0.15) is 0 Å². The molecule has 0 amide bonds. The van der Waals surface area contributed by atoms with Crippen LogP contribution in [0.5, 0.6) is 0 Å². The van der Waals surface area contributed by atoms with Crippen molar-refractivity contribution in [2.45, 2.75) is 18.9 Å². The zero-order valence-electron chi connectivity index (χ0n) is 10.3. The van der Waals surface area contributed by atoms with Crippen molar-refractivity contribution in [2.75, 3.05) is 13.6 Å². The quantitative estimate of drug-likeness (QED) is 0.826. The Morgan fingerprint density at radius 3 is 2.59 bits per heavy atom. The summed E-state index contributed by atoms with van der Waals surface area (Å²) < 4.78 is 0. The highest BCUT2D eigenvalue weighted by Crippen LogP contribution is 2.22. The van der Waals surface area contributed by atoms with E-state index in [0.29, 0.717) is 6.04 Å². The van der Waals surface area contributed by atoms with Crippen molar-refractivity contribution in [3.8, 4) is 0 Å². The molecule has 0 aliphatic rings. The minimum Gasteiger partial charge on any atom is -0.330 e. The van der Waals surface area contributed by atoms with Gasteiger partial charge in [0.1, 0.15) is 0 Å². The molecule has 2 nitrogen and oxygen atoms in total. The predicted molar refractivity (Wildman–Crippen MR) is 74.0 cm³/mol. The summed E-state index contributed by atoms with van der Waals surface area (Å²) in [4.78, 5) is 0. The fourth-order valence-corrected chi connectivity index (χ4v) is 2.22. The molecule has 2 aromatic rings. The predicted octanol–water partition coefficient (Wildman–Crippen LogP) is 2.84. The molecular formula is C15H20N2. The molecule has 17 heavy (non-hydrogen) atoms. The van der Waals surface area contributed by atoms with E-state index in [0.717, 1.165) is 19.4 Å². The van der Waals surface area contributed by atoms with Crippen LogP contribution in [0, 0.1) is 0 Å². The zero-order chi connectivity index (χ0) is 12.1. The minimum absolute atomic E-state index is 0.406. The summed E-state index contributed by atoms with van der Waals surface area (Å²) in [7, 11) is 2.01. The van der Waals surface area contributed by atoms with Crippen LogP contribution in [0.2, 0.25) is 0 Å². The lowest BCUT2D eigenvalue weighted by molar-refractivity contribution is 0.532. The second-order valence-electron chi connectivity index (χ2n) is 4.38. The fourth-order valence-electron chi connectivity index (χ4n) is 2.22. The molecule has 0 aliphatic heterocycles. The van der Waals surface area contributed by atoms with Gasteiger partial charge in [-0.05, 0) is 48.8 Å². The summed E-state index contributed by atoms with van der Waals surface area (Å²) in [5.41, 5.74) is 6.92. The lowest BCUT2D eigenvalue weighted by Gasteiger charge is -2.16. The van der Waals surface area contributed by atoms with Crippen LogP contribution >= 0.6 is 0 Å². The highest BCUT2D eigenvalue weighted by atomic mass is 14.9. The highest BCUT2D eigenvalue weighted by Gasteiger charge is 2.08. The molecule has 0 aliphatic carbocycles. The van der Waals surface area contributed by atoms with Crippen LogP contribution in [0.4, 0.5) is 0 Å². The van der Waals surface area contributed by atoms with E-state index in [-0.39, 0.29) is 0 Å². The van der Waals surface area contributed by atoms with Crippen LogP contribution in [0.1, 0.15) is 24.4 Å². The third-order valence-electron chi connectivity index (χ3n) is 3.22. The van der Waals surface area contributed by atoms with Gasteiger partial charge in [-0.3, -0.25) is 0 Å². The third-order valence-corrected chi connectivity index (χ3v) is 3.22. The molecule has 0 heterocycles. The van der Waals surface area contributed by atoms with Crippen molar-refractivity contribution in [1.82, 2.24) is 5.32 Å². The molecule has 0 spiro atoms. The molecule has 2 aromatic carbocycles. The van der Waals surface area contributed by atoms with E-state index in [1.165, 1.54) is 16.3 Å². The van der Waals surface area contributed by atoms with E-state index in [9.17, 15) is 0 Å². The van der Waals surface area contributed by atoms with Gasteiger partial charge in [-0.15, -0.1) is 0 Å². The number of rotatable bonds is 5. The van der Waals surface area contributed by atoms with Crippen LogP contribution in [-0.2, 0) is 0 Å². The number of fused-ring (bicyclic) bond motifs is 1. The van der Waals surface area contributed by atoms with Gasteiger partial charge in [-0.1, -0.05) is 36.4 Å². The number of hydrogen-bond acceptors (Lipinski definition) is 2. The average molecular weight is 228 g/mol. The summed E-state index contributed by atoms with van der Waals surface area (Å²) in [6.07, 6.45) is 2.14. The number of benzene rings is 2. The van der Waals surface area contributed by atoms with Crippen LogP contribution in [0.3, 0.4) is 0 Å². The summed E-state index contributed by atoms with van der Waals surface area (Å²) in [5, 5.41) is 5.96. The van der Waals surface area contributed by atoms with Gasteiger partial charge in [0, 0.05) is 6.04 Å². The van der Waals surface area contributed by atoms with Gasteiger partial charge in [0.05, 0.1) is 0 Å². The minimum atomic E-state index is 0.406. The lowest BCUT2D eigenvalue weighted by Crippen LogP contribution is -2.17. The monoisotopic (exact) mass is 228 g/mol. The lowest BCUT2D eigenvalue weighted by atomic mass is 9.99. The molecule has 0 saturated heterocycles. The Kier molecular flexibility index (Phi) is 4.13. The van der Waals surface area contributed by atoms with E-state index in [2.05, 4.69) is 47.8 Å². The van der Waals surface area contributed by atoms with Crippen molar-refractivity contribution in [1.29, 1.82) is 0 Å². The first-order chi connectivity index (χ1) is 8.35. The molecule has 0 radical (unpaired) electrons. The van der Waals surface area contributed by atoms with Crippen molar-refractivity contribution < 1.29 is 0 Å². The van der Waals surface area contributed by atoms with Crippen LogP contribution in [0.25, 0.3) is 10.8 Å². The molecular weight excluding hydrogens is 208 g/mol. The molecule has 1 unspecified atom stereocenters. The number of nitrogens with one attached hydrogen (secondary N) is 1. The van der Waals surface area contributed by atoms with Gasteiger partial charge in [0.25, 0.3) is 0 Å². The molecule has 3 N–H and O–H groups in total. The van der Waals surface area contributed by atoms with E-state index in [1.807, 2.05) is 7.05 Å². The van der Waals surface area contributed by atoms with Gasteiger partial charge >= 0.3 is 0 Å². The maximum atomic E-state index is 5.57. The largest absolute Gasteiger partial charge is 0.330 e. The second kappa shape index (κ2) is 5.80. The average Bonchev–Trinajstić information content (AvgIpc) is 2.39. The van der Waals surface area contributed by atoms with Crippen molar-refractivity contribution in [3.05, 3.63) is 48.0 Å². The summed E-state index contributed by atoms with van der Waals surface area (Å²) >= 11 is 0. The topological polar surface area (TPSA) is 38.0 Å². The van der Waals surface area contributed by atoms with Crippen LogP contribution in [0.15, 0.2) is 42.5 Å². The first-order valence-electron chi connectivity index (χ1n) is 6.21. The summed E-state index contributed by atoms with van der Waals surface area (Å²) in [5.74, 6) is 0. The van der Waals surface area contributed by atoms with Gasteiger partial charge in [-0.25, -0.2) is 0 Å². The Morgan fingerprint density at radius 1 is 1.12 bits per heavy atom. The third kappa shape index (κ3) is 2.84. The van der Waals surface area contributed by atoms with Gasteiger partial charge in [0.15, 0.2) is 0 Å².